The number of hydrogen-bond donors (Lipinski definition) is 1. The van der Waals surface area contributed by atoms with Gasteiger partial charge in [-0.05, 0) is 45.0 Å². The maximum absolute atomic E-state index is 6.15. The van der Waals surface area contributed by atoms with Crippen molar-refractivity contribution >= 4 is 0 Å². The summed E-state index contributed by atoms with van der Waals surface area (Å²) in [5.41, 5.74) is 2.01. The molecular weight excluding hydrogens is 262 g/mol. The number of piperazine rings is 1. The third-order valence-corrected chi connectivity index (χ3v) is 4.30. The molecule has 0 amide bonds. The largest absolute Gasteiger partial charge is 0.459 e. The summed E-state index contributed by atoms with van der Waals surface area (Å²) in [6, 6.07) is 8.22. The molecule has 2 aromatic heterocycles. The lowest BCUT2D eigenvalue weighted by atomic mass is 9.98. The predicted molar refractivity (Wildman–Crippen MR) is 84.1 cm³/mol. The molecule has 1 aliphatic heterocycles. The second-order valence-electron chi connectivity index (χ2n) is 6.15. The highest BCUT2D eigenvalue weighted by atomic mass is 16.3. The van der Waals surface area contributed by atoms with E-state index < -0.39 is 0 Å². The lowest BCUT2D eigenvalue weighted by Crippen LogP contribution is -2.51. The highest BCUT2D eigenvalue weighted by Crippen LogP contribution is 2.32. The number of hydrogen-bond acceptors (Lipinski definition) is 4. The first-order chi connectivity index (χ1) is 10.1. The monoisotopic (exact) mass is 285 g/mol. The van der Waals surface area contributed by atoms with E-state index in [0.717, 1.165) is 49.0 Å². The number of nitrogens with one attached hydrogen (secondary N) is 1. The average Bonchev–Trinajstić information content (AvgIpc) is 2.99. The second-order valence-corrected chi connectivity index (χ2v) is 6.15. The van der Waals surface area contributed by atoms with Crippen LogP contribution in [0, 0.1) is 6.92 Å². The summed E-state index contributed by atoms with van der Waals surface area (Å²) in [4.78, 5) is 6.71. The van der Waals surface area contributed by atoms with Crippen LogP contribution in [0.15, 0.2) is 34.9 Å². The maximum Gasteiger partial charge on any atom is 0.134 e. The lowest BCUT2D eigenvalue weighted by molar-refractivity contribution is 0.0832. The minimum Gasteiger partial charge on any atom is -0.459 e. The van der Waals surface area contributed by atoms with Crippen molar-refractivity contribution in [1.29, 1.82) is 0 Å². The molecule has 0 saturated carbocycles. The molecule has 3 rings (SSSR count). The van der Waals surface area contributed by atoms with Gasteiger partial charge in [0.2, 0.25) is 0 Å². The Kier molecular flexibility index (Phi) is 3.83. The molecule has 112 valence electrons. The van der Waals surface area contributed by atoms with Gasteiger partial charge in [-0.25, -0.2) is 0 Å². The fourth-order valence-electron chi connectivity index (χ4n) is 2.90. The van der Waals surface area contributed by atoms with Crippen LogP contribution in [0.25, 0.3) is 11.3 Å². The van der Waals surface area contributed by atoms with Gasteiger partial charge in [-0.15, -0.1) is 0 Å². The van der Waals surface area contributed by atoms with Crippen LogP contribution in [-0.2, 0) is 5.54 Å². The van der Waals surface area contributed by atoms with E-state index in [1.165, 1.54) is 0 Å². The van der Waals surface area contributed by atoms with Crippen molar-refractivity contribution < 1.29 is 4.42 Å². The summed E-state index contributed by atoms with van der Waals surface area (Å²) in [5.74, 6) is 1.94. The first-order valence-corrected chi connectivity index (χ1v) is 7.56. The Morgan fingerprint density at radius 1 is 1.19 bits per heavy atom. The predicted octanol–water partition coefficient (Wildman–Crippen LogP) is 2.79. The van der Waals surface area contributed by atoms with Crippen LogP contribution in [-0.4, -0.2) is 36.1 Å². The van der Waals surface area contributed by atoms with Gasteiger partial charge in [0.1, 0.15) is 11.5 Å². The molecule has 0 radical (unpaired) electrons. The van der Waals surface area contributed by atoms with E-state index >= 15 is 0 Å². The summed E-state index contributed by atoms with van der Waals surface area (Å²) >= 11 is 0. The highest BCUT2D eigenvalue weighted by molar-refractivity contribution is 5.57. The molecule has 2 aromatic rings. The Balaban J connectivity index is 1.86. The van der Waals surface area contributed by atoms with Crippen LogP contribution in [0.4, 0.5) is 0 Å². The molecule has 1 saturated heterocycles. The van der Waals surface area contributed by atoms with Gasteiger partial charge < -0.3 is 9.73 Å². The van der Waals surface area contributed by atoms with E-state index in [2.05, 4.69) is 47.2 Å². The van der Waals surface area contributed by atoms with E-state index in [0.29, 0.717) is 0 Å². The van der Waals surface area contributed by atoms with Gasteiger partial charge in [-0.1, -0.05) is 0 Å². The number of furan rings is 1. The normalized spacial score (nSPS) is 17.1. The SMILES string of the molecule is Cc1cc(-c2ccc(C(C)(C)N3CCNCC3)o2)ccn1. The zero-order valence-electron chi connectivity index (χ0n) is 13.0. The van der Waals surface area contributed by atoms with Gasteiger partial charge in [0, 0.05) is 43.6 Å². The zero-order chi connectivity index (χ0) is 14.9. The van der Waals surface area contributed by atoms with Crippen LogP contribution in [0.3, 0.4) is 0 Å². The molecular formula is C17H23N3O. The zero-order valence-corrected chi connectivity index (χ0v) is 13.0. The summed E-state index contributed by atoms with van der Waals surface area (Å²) in [7, 11) is 0. The third kappa shape index (κ3) is 2.87. The Morgan fingerprint density at radius 2 is 1.95 bits per heavy atom. The maximum atomic E-state index is 6.15. The van der Waals surface area contributed by atoms with E-state index in [1.807, 2.05) is 19.2 Å². The standard InChI is InChI=1S/C17H23N3O/c1-13-12-14(6-7-19-13)15-4-5-16(21-15)17(2,3)20-10-8-18-9-11-20/h4-7,12,18H,8-11H2,1-3H3. The number of rotatable bonds is 3. The Hall–Kier alpha value is -1.65. The third-order valence-electron chi connectivity index (χ3n) is 4.30. The second kappa shape index (κ2) is 5.62. The molecule has 0 aliphatic carbocycles. The first kappa shape index (κ1) is 14.3. The molecule has 1 fully saturated rings. The van der Waals surface area contributed by atoms with Gasteiger partial charge in [0.15, 0.2) is 0 Å². The van der Waals surface area contributed by atoms with Crippen LogP contribution in [0.5, 0.6) is 0 Å². The van der Waals surface area contributed by atoms with E-state index in [9.17, 15) is 0 Å². The van der Waals surface area contributed by atoms with Crippen LogP contribution in [0.2, 0.25) is 0 Å². The molecule has 3 heterocycles. The minimum atomic E-state index is -0.0809. The van der Waals surface area contributed by atoms with Crippen LogP contribution >= 0.6 is 0 Å². The fraction of sp³-hybridized carbons (Fsp3) is 0.471. The Labute approximate surface area is 126 Å². The summed E-state index contributed by atoms with van der Waals surface area (Å²) in [5, 5.41) is 3.40. The van der Waals surface area contributed by atoms with Crippen molar-refractivity contribution in [3.8, 4) is 11.3 Å². The van der Waals surface area contributed by atoms with Crippen molar-refractivity contribution in [2.45, 2.75) is 26.3 Å². The molecule has 21 heavy (non-hydrogen) atoms. The van der Waals surface area contributed by atoms with Crippen molar-refractivity contribution in [3.05, 3.63) is 41.9 Å². The van der Waals surface area contributed by atoms with Crippen molar-refractivity contribution in [1.82, 2.24) is 15.2 Å². The number of aryl methyl sites for hydroxylation is 1. The fourth-order valence-corrected chi connectivity index (χ4v) is 2.90. The molecule has 1 aliphatic rings. The quantitative estimate of drug-likeness (QED) is 0.941. The Morgan fingerprint density at radius 3 is 2.67 bits per heavy atom. The number of pyridine rings is 1. The van der Waals surface area contributed by atoms with Gasteiger partial charge in [-0.2, -0.15) is 0 Å². The molecule has 0 unspecified atom stereocenters. The summed E-state index contributed by atoms with van der Waals surface area (Å²) in [6.45, 7) is 10.7. The minimum absolute atomic E-state index is 0.0809. The molecule has 0 spiro atoms. The van der Waals surface area contributed by atoms with E-state index in [4.69, 9.17) is 4.42 Å². The van der Waals surface area contributed by atoms with E-state index in [1.54, 1.807) is 0 Å². The molecule has 4 nitrogen and oxygen atoms in total. The van der Waals surface area contributed by atoms with E-state index in [-0.39, 0.29) is 5.54 Å². The average molecular weight is 285 g/mol. The molecule has 4 heteroatoms. The lowest BCUT2D eigenvalue weighted by Gasteiger charge is -2.39. The molecule has 0 bridgehead atoms. The summed E-state index contributed by atoms with van der Waals surface area (Å²) in [6.07, 6.45) is 1.83. The molecule has 1 N–H and O–H groups in total. The summed E-state index contributed by atoms with van der Waals surface area (Å²) < 4.78 is 6.15. The van der Waals surface area contributed by atoms with Crippen LogP contribution < -0.4 is 5.32 Å². The van der Waals surface area contributed by atoms with Gasteiger partial charge in [-0.3, -0.25) is 9.88 Å². The van der Waals surface area contributed by atoms with Crippen LogP contribution in [0.1, 0.15) is 25.3 Å². The number of aromatic nitrogens is 1. The van der Waals surface area contributed by atoms with Gasteiger partial charge in [0.05, 0.1) is 5.54 Å². The van der Waals surface area contributed by atoms with Gasteiger partial charge >= 0.3 is 0 Å². The number of nitrogens with zero attached hydrogens (tertiary/aromatic N) is 2. The Bertz CT molecular complexity index is 612. The van der Waals surface area contributed by atoms with Crippen molar-refractivity contribution in [3.63, 3.8) is 0 Å². The molecule has 0 aromatic carbocycles. The smallest absolute Gasteiger partial charge is 0.134 e. The van der Waals surface area contributed by atoms with Crippen molar-refractivity contribution in [2.24, 2.45) is 0 Å². The highest BCUT2D eigenvalue weighted by Gasteiger charge is 2.32. The first-order valence-electron chi connectivity index (χ1n) is 7.56. The van der Waals surface area contributed by atoms with Gasteiger partial charge in [0.25, 0.3) is 0 Å². The van der Waals surface area contributed by atoms with Crippen molar-refractivity contribution in [2.75, 3.05) is 26.2 Å². The molecule has 0 atom stereocenters. The topological polar surface area (TPSA) is 41.3 Å².